The molecule has 0 bridgehead atoms. The van der Waals surface area contributed by atoms with Gasteiger partial charge in [-0.1, -0.05) is 325 Å². The third-order valence-electron chi connectivity index (χ3n) is 13.3. The molecule has 0 atom stereocenters. The molecule has 1 aliphatic heterocycles. The van der Waals surface area contributed by atoms with Crippen molar-refractivity contribution in [2.24, 2.45) is 5.92 Å². The van der Waals surface area contributed by atoms with Crippen LogP contribution >= 0.6 is 11.8 Å². The van der Waals surface area contributed by atoms with Crippen LogP contribution in [-0.2, 0) is 6.42 Å². The molecule has 2 nitrogen and oxygen atoms in total. The normalized spacial score (nSPS) is 13.2. The highest BCUT2D eigenvalue weighted by molar-refractivity contribution is 8.03. The zero-order chi connectivity index (χ0) is 65.3. The van der Waals surface area contributed by atoms with Crippen LogP contribution in [-0.4, -0.2) is 0 Å². The van der Waals surface area contributed by atoms with Gasteiger partial charge in [0.05, 0.1) is 0 Å². The first-order valence-corrected chi connectivity index (χ1v) is 32.9. The van der Waals surface area contributed by atoms with Crippen LogP contribution in [0.3, 0.4) is 0 Å². The molecule has 90 heavy (non-hydrogen) atoms. The lowest BCUT2D eigenvalue weighted by Gasteiger charge is -2.12. The van der Waals surface area contributed by atoms with Crippen molar-refractivity contribution in [1.29, 1.82) is 0 Å². The molecule has 1 heterocycles. The molecule has 0 saturated heterocycles. The fourth-order valence-electron chi connectivity index (χ4n) is 8.92. The van der Waals surface area contributed by atoms with Crippen LogP contribution in [0.1, 0.15) is 121 Å². The predicted molar refractivity (Wildman–Crippen MR) is 407 cm³/mol. The van der Waals surface area contributed by atoms with Crippen molar-refractivity contribution in [1.82, 2.24) is 5.32 Å². The van der Waals surface area contributed by atoms with Gasteiger partial charge in [-0.15, -0.1) is 6.58 Å². The number of thioether (sulfide) groups is 1. The highest BCUT2D eigenvalue weighted by atomic mass is 32.2. The standard InChI is InChI=1S/C50H47N.C25H21NS.C4H10.2C3H8.C2H6/c1-5-7-8-14-34-51-35-15-20-43(26-24-41(16-6-2)23-25-42-18-10-9-11-19-42)27-28-44-29-31-46-37-47(33-32-45(46)36-44)48-30-22-40(4)50(38-48)49-21-13-12-17-39(49)3;1-18-6-7-19(12-13-23-4-2-3-5-25(23)27-18)20-8-10-21(11-9-20)22-14-16-24(26)17-15-22;1-4(2)3;2*1-3-2;1-2/h5-6,9-38,51H,1-2,7-8H2,3-4H3;2-12,14-17H,1,13,26H2;4H,1-3H3;2*3H2,1-2H3;1-2H3/b25-23-,26-24+,28-27-,34-14-,35-15+,41-16+,43-20-;7-6-,19-12+;;;;. The number of unbranched alkanes of at least 4 members (excludes halogenated alkanes) is 1. The summed E-state index contributed by atoms with van der Waals surface area (Å²) in [7, 11) is 0. The summed E-state index contributed by atoms with van der Waals surface area (Å²) in [5, 5.41) is 5.66. The number of nitrogen functional groups attached to an aromatic ring is 1. The summed E-state index contributed by atoms with van der Waals surface area (Å²) in [6.07, 6.45) is 40.6. The smallest absolute Gasteiger partial charge is 0.0314 e. The monoisotopic (exact) mass is 1200 g/mol. The molecule has 0 fully saturated rings. The Morgan fingerprint density at radius 1 is 0.544 bits per heavy atom. The lowest BCUT2D eigenvalue weighted by atomic mass is 9.92. The number of rotatable bonds is 17. The maximum Gasteiger partial charge on any atom is 0.0314 e. The number of hydrogen-bond acceptors (Lipinski definition) is 3. The van der Waals surface area contributed by atoms with Crippen LogP contribution in [0.2, 0.25) is 0 Å². The van der Waals surface area contributed by atoms with Gasteiger partial charge < -0.3 is 11.1 Å². The number of nitrogens with two attached hydrogens (primary N) is 1. The molecule has 3 N–H and O–H groups in total. The van der Waals surface area contributed by atoms with E-state index in [1.54, 1.807) is 11.8 Å². The summed E-state index contributed by atoms with van der Waals surface area (Å²) < 4.78 is 0. The van der Waals surface area contributed by atoms with Gasteiger partial charge in [0.2, 0.25) is 0 Å². The van der Waals surface area contributed by atoms with Crippen molar-refractivity contribution in [2.45, 2.75) is 113 Å². The van der Waals surface area contributed by atoms with Gasteiger partial charge in [0.25, 0.3) is 0 Å². The van der Waals surface area contributed by atoms with E-state index in [2.05, 4.69) is 306 Å². The van der Waals surface area contributed by atoms with Crippen LogP contribution < -0.4 is 11.1 Å². The minimum absolute atomic E-state index is 0.787. The largest absolute Gasteiger partial charge is 0.399 e. The molecular weight excluding hydrogens is 1110 g/mol. The molecule has 0 amide bonds. The van der Waals surface area contributed by atoms with Gasteiger partial charge in [0.1, 0.15) is 0 Å². The number of anilines is 1. The summed E-state index contributed by atoms with van der Waals surface area (Å²) in [5.74, 6) is 0.833. The molecule has 0 aliphatic carbocycles. The second kappa shape index (κ2) is 42.7. The average molecular weight is 1210 g/mol. The first kappa shape index (κ1) is 73.3. The Kier molecular flexibility index (Phi) is 34.8. The second-order valence-corrected chi connectivity index (χ2v) is 23.3. The molecule has 1 aliphatic rings. The van der Waals surface area contributed by atoms with E-state index in [0.29, 0.717) is 0 Å². The van der Waals surface area contributed by atoms with E-state index in [-0.39, 0.29) is 0 Å². The van der Waals surface area contributed by atoms with Crippen LogP contribution in [0.5, 0.6) is 0 Å². The van der Waals surface area contributed by atoms with E-state index in [9.17, 15) is 0 Å². The Morgan fingerprint density at radius 3 is 1.76 bits per heavy atom. The second-order valence-electron chi connectivity index (χ2n) is 22.2. The zero-order valence-electron chi connectivity index (χ0n) is 55.9. The Morgan fingerprint density at radius 2 is 1.09 bits per heavy atom. The molecule has 0 spiro atoms. The summed E-state index contributed by atoms with van der Waals surface area (Å²) in [4.78, 5) is 2.33. The molecule has 0 radical (unpaired) electrons. The van der Waals surface area contributed by atoms with E-state index >= 15 is 0 Å². The quantitative estimate of drug-likeness (QED) is 0.0413. The van der Waals surface area contributed by atoms with Gasteiger partial charge in [-0.2, -0.15) is 0 Å². The van der Waals surface area contributed by atoms with Crippen molar-refractivity contribution >= 4 is 45.9 Å². The van der Waals surface area contributed by atoms with Crippen LogP contribution in [0.15, 0.2) is 314 Å². The number of aryl methyl sites for hydroxylation is 2. The van der Waals surface area contributed by atoms with Crippen LogP contribution in [0, 0.1) is 19.8 Å². The summed E-state index contributed by atoms with van der Waals surface area (Å²) in [6, 6.07) is 64.4. The third kappa shape index (κ3) is 26.7. The average Bonchev–Trinajstić information content (AvgIpc) is 3.22. The number of fused-ring (bicyclic) bond motifs is 2. The summed E-state index contributed by atoms with van der Waals surface area (Å²) >= 11 is 1.73. The van der Waals surface area contributed by atoms with Gasteiger partial charge >= 0.3 is 0 Å². The maximum absolute atomic E-state index is 5.79. The van der Waals surface area contributed by atoms with E-state index in [1.807, 2.05) is 80.9 Å². The highest BCUT2D eigenvalue weighted by Crippen LogP contribution is 2.35. The third-order valence-corrected chi connectivity index (χ3v) is 14.3. The first-order valence-electron chi connectivity index (χ1n) is 32.1. The minimum atomic E-state index is 0.787. The fraction of sp³-hybridized carbons (Fsp3) is 0.195. The van der Waals surface area contributed by atoms with E-state index in [1.165, 1.54) is 89.7 Å². The highest BCUT2D eigenvalue weighted by Gasteiger charge is 2.10. The predicted octanol–water partition coefficient (Wildman–Crippen LogP) is 26.0. The van der Waals surface area contributed by atoms with Crippen molar-refractivity contribution < 1.29 is 0 Å². The SMILES string of the molecule is C=C/C=C(\C=C/c1ccccc1)/C=C/C(/C=C\c1ccc2cc(-c3ccc(C)c(-c4ccccc4C)c3)ccc2c1)=C/C=C/N/C=C\CCC=C.C=C1/C=C\C(c2ccc(-c3ccc(N)cc3)cc2)=C/Cc2ccccc2S1.CC.CC(C)C.CCC.CCC. The minimum Gasteiger partial charge on any atom is -0.399 e. The van der Waals surface area contributed by atoms with Crippen molar-refractivity contribution in [3.63, 3.8) is 0 Å². The molecule has 464 valence electrons. The van der Waals surface area contributed by atoms with Crippen molar-refractivity contribution in [3.05, 3.63) is 343 Å². The van der Waals surface area contributed by atoms with Gasteiger partial charge in [0.15, 0.2) is 0 Å². The first-order chi connectivity index (χ1) is 43.8. The summed E-state index contributed by atoms with van der Waals surface area (Å²) in [5.41, 5.74) is 24.7. The number of benzene rings is 8. The van der Waals surface area contributed by atoms with Crippen molar-refractivity contribution in [3.8, 4) is 33.4 Å². The molecule has 0 unspecified atom stereocenters. The fourth-order valence-corrected chi connectivity index (χ4v) is 9.77. The summed E-state index contributed by atoms with van der Waals surface area (Å²) in [6.45, 7) is 35.3. The zero-order valence-corrected chi connectivity index (χ0v) is 56.7. The Labute approximate surface area is 548 Å². The van der Waals surface area contributed by atoms with E-state index in [4.69, 9.17) is 5.73 Å². The van der Waals surface area contributed by atoms with E-state index in [0.717, 1.165) is 58.0 Å². The lowest BCUT2D eigenvalue weighted by molar-refractivity contribution is 0.737. The number of nitrogens with one attached hydrogen (secondary N) is 1. The Hall–Kier alpha value is -9.15. The molecule has 8 aromatic rings. The lowest BCUT2D eigenvalue weighted by Crippen LogP contribution is -1.90. The van der Waals surface area contributed by atoms with E-state index < -0.39 is 0 Å². The van der Waals surface area contributed by atoms with Crippen LogP contribution in [0.4, 0.5) is 5.69 Å². The molecule has 9 rings (SSSR count). The molecule has 8 aromatic carbocycles. The van der Waals surface area contributed by atoms with Gasteiger partial charge in [0, 0.05) is 21.7 Å². The number of hydrogen-bond donors (Lipinski definition) is 2. The molecular formula is C87H100N2S. The van der Waals surface area contributed by atoms with Gasteiger partial charge in [-0.3, -0.25) is 0 Å². The van der Waals surface area contributed by atoms with Gasteiger partial charge in [-0.25, -0.2) is 0 Å². The number of allylic oxidation sites excluding steroid dienone is 16. The van der Waals surface area contributed by atoms with Crippen LogP contribution in [0.25, 0.3) is 61.9 Å². The molecule has 3 heteroatoms. The Balaban J connectivity index is 0.000000368. The Bertz CT molecular complexity index is 3730. The molecule has 0 aromatic heterocycles. The van der Waals surface area contributed by atoms with Crippen molar-refractivity contribution in [2.75, 3.05) is 5.73 Å². The topological polar surface area (TPSA) is 38.0 Å². The maximum atomic E-state index is 5.79. The molecule has 0 saturated carbocycles. The van der Waals surface area contributed by atoms with Gasteiger partial charge in [-0.05, 0) is 188 Å².